The third kappa shape index (κ3) is 13.5. The summed E-state index contributed by atoms with van der Waals surface area (Å²) in [6.45, 7) is 14.1. The second-order valence-corrected chi connectivity index (χ2v) is 17.1. The van der Waals surface area contributed by atoms with Crippen LogP contribution in [0.3, 0.4) is 0 Å². The minimum absolute atomic E-state index is 0.0127. The molecule has 0 saturated carbocycles. The van der Waals surface area contributed by atoms with Gasteiger partial charge < -0.3 is 35.0 Å². The smallest absolute Gasteiger partial charge is 0.425 e. The fraction of sp³-hybridized carbons (Fsp3) is 0.400. The highest BCUT2D eigenvalue weighted by Gasteiger charge is 2.21. The number of aryl methyl sites for hydroxylation is 2. The van der Waals surface area contributed by atoms with Gasteiger partial charge in [0.15, 0.2) is 9.37 Å². The highest BCUT2D eigenvalue weighted by molar-refractivity contribution is 7.99. The molecule has 0 bridgehead atoms. The fourth-order valence-corrected chi connectivity index (χ4v) is 8.45. The van der Waals surface area contributed by atoms with Crippen LogP contribution in [0.4, 0.5) is 56.3 Å². The Bertz CT molecular complexity index is 2590. The molecule has 0 spiro atoms. The number of aromatic nitrogens is 5. The lowest BCUT2D eigenvalue weighted by Gasteiger charge is -2.25. The monoisotopic (exact) mass is 951 g/mol. The molecule has 27 heteroatoms. The van der Waals surface area contributed by atoms with Gasteiger partial charge in [0.2, 0.25) is 22.2 Å². The van der Waals surface area contributed by atoms with E-state index in [9.17, 15) is 18.1 Å². The van der Waals surface area contributed by atoms with Crippen molar-refractivity contribution in [2.75, 3.05) is 73.2 Å². The number of thioether (sulfide) groups is 1. The molecule has 0 amide bonds. The van der Waals surface area contributed by atoms with E-state index >= 15 is 0 Å². The summed E-state index contributed by atoms with van der Waals surface area (Å²) in [6, 6.07) is 7.19. The van der Waals surface area contributed by atoms with Crippen LogP contribution < -0.4 is 29.9 Å². The lowest BCUT2D eigenvalue weighted by atomic mass is 10.2. The van der Waals surface area contributed by atoms with Crippen molar-refractivity contribution in [1.82, 2.24) is 24.9 Å². The number of methoxy groups -OCH3 is 2. The van der Waals surface area contributed by atoms with Crippen molar-refractivity contribution in [2.45, 2.75) is 50.9 Å². The van der Waals surface area contributed by atoms with Crippen LogP contribution in [0.25, 0.3) is 0 Å². The molecular formula is C35H45N13O9S5. The van der Waals surface area contributed by atoms with Gasteiger partial charge in [-0.2, -0.15) is 23.4 Å². The van der Waals surface area contributed by atoms with Crippen LogP contribution in [-0.4, -0.2) is 108 Å². The quantitative estimate of drug-likeness (QED) is 0.0329. The topological polar surface area (TPSA) is 289 Å². The number of hydrogen-bond acceptors (Lipinski definition) is 24. The van der Waals surface area contributed by atoms with Gasteiger partial charge in [0.1, 0.15) is 22.9 Å². The number of ether oxygens (including phenoxy) is 2. The van der Waals surface area contributed by atoms with E-state index in [0.29, 0.717) is 82.1 Å². The summed E-state index contributed by atoms with van der Waals surface area (Å²) in [5.41, 5.74) is 4.17. The standard InChI is InChI=1S/C35H45N13O6S4.O3S/c1-9-47(10-2)26-15-22(24(17-28(26)53-7)43-45-34-36-20(5)19-56-34)38-31-40-32(42-33(41-31)55-14-13-49)39-23-16-27(48(11-3)12-4)29(54-8)18-25(23)44-46-35-37-21(6)30(57-35)58(50,51)52;1-4(2)3/h15-19,49H,9-14H2,1-8H3,(H,50,51,52)(H2,38,39,40,41,42);. The first-order chi connectivity index (χ1) is 29.6. The number of benzene rings is 2. The van der Waals surface area contributed by atoms with E-state index in [-0.39, 0.29) is 39.2 Å². The van der Waals surface area contributed by atoms with E-state index in [1.807, 2.05) is 38.3 Å². The summed E-state index contributed by atoms with van der Waals surface area (Å²) < 4.78 is 69.9. The molecule has 3 heterocycles. The van der Waals surface area contributed by atoms with E-state index in [1.54, 1.807) is 26.4 Å². The molecule has 334 valence electrons. The lowest BCUT2D eigenvalue weighted by molar-refractivity contribution is 0.322. The molecule has 0 fully saturated rings. The first kappa shape index (κ1) is 49.2. The number of hydrogen-bond donors (Lipinski definition) is 4. The van der Waals surface area contributed by atoms with Crippen LogP contribution in [0.1, 0.15) is 39.1 Å². The Kier molecular flexibility index (Phi) is 18.4. The molecule has 4 N–H and O–H groups in total. The third-order valence-electron chi connectivity index (χ3n) is 8.30. The zero-order valence-corrected chi connectivity index (χ0v) is 38.9. The summed E-state index contributed by atoms with van der Waals surface area (Å²) in [7, 11) is -4.46. The Labute approximate surface area is 371 Å². The fourth-order valence-electron chi connectivity index (χ4n) is 5.57. The van der Waals surface area contributed by atoms with Crippen molar-refractivity contribution in [2.24, 2.45) is 20.5 Å². The minimum Gasteiger partial charge on any atom is -0.494 e. The van der Waals surface area contributed by atoms with Gasteiger partial charge in [0.05, 0.1) is 55.0 Å². The summed E-state index contributed by atoms with van der Waals surface area (Å²) in [5, 5.41) is 36.5. The Balaban J connectivity index is 0.00000202. The molecule has 0 aliphatic rings. The molecule has 62 heavy (non-hydrogen) atoms. The second-order valence-electron chi connectivity index (χ2n) is 12.2. The normalized spacial score (nSPS) is 11.4. The van der Waals surface area contributed by atoms with Gasteiger partial charge in [-0.25, -0.2) is 9.97 Å². The molecule has 0 aliphatic heterocycles. The number of nitrogens with zero attached hydrogens (tertiary/aromatic N) is 11. The van der Waals surface area contributed by atoms with Crippen LogP contribution in [0.15, 0.2) is 59.5 Å². The molecule has 22 nitrogen and oxygen atoms in total. The van der Waals surface area contributed by atoms with E-state index < -0.39 is 20.7 Å². The van der Waals surface area contributed by atoms with Crippen molar-refractivity contribution >= 4 is 111 Å². The predicted octanol–water partition coefficient (Wildman–Crippen LogP) is 7.76. The van der Waals surface area contributed by atoms with E-state index in [0.717, 1.165) is 17.1 Å². The van der Waals surface area contributed by atoms with Crippen molar-refractivity contribution in [3.63, 3.8) is 0 Å². The van der Waals surface area contributed by atoms with Gasteiger partial charge >= 0.3 is 20.7 Å². The van der Waals surface area contributed by atoms with Gasteiger partial charge in [-0.3, -0.25) is 4.55 Å². The molecule has 5 rings (SSSR count). The molecule has 2 aromatic carbocycles. The first-order valence-electron chi connectivity index (χ1n) is 18.5. The molecular weight excluding hydrogens is 907 g/mol. The van der Waals surface area contributed by atoms with Crippen LogP contribution in [0.5, 0.6) is 11.5 Å². The highest BCUT2D eigenvalue weighted by atomic mass is 32.3. The molecule has 0 unspecified atom stereocenters. The van der Waals surface area contributed by atoms with Crippen LogP contribution >= 0.6 is 34.4 Å². The van der Waals surface area contributed by atoms with Gasteiger partial charge in [0, 0.05) is 49.4 Å². The van der Waals surface area contributed by atoms with Crippen LogP contribution in [-0.2, 0) is 20.7 Å². The van der Waals surface area contributed by atoms with Crippen molar-refractivity contribution in [3.8, 4) is 11.5 Å². The number of anilines is 6. The number of aliphatic hydroxyl groups excluding tert-OH is 1. The molecule has 0 saturated heterocycles. The number of azo groups is 2. The Morgan fingerprint density at radius 2 is 1.24 bits per heavy atom. The maximum absolute atomic E-state index is 11.9. The number of rotatable bonds is 20. The first-order valence-corrected chi connectivity index (χ1v) is 23.6. The van der Waals surface area contributed by atoms with Crippen molar-refractivity contribution in [1.29, 1.82) is 0 Å². The van der Waals surface area contributed by atoms with Gasteiger partial charge in [-0.05, 0) is 53.7 Å². The Morgan fingerprint density at radius 3 is 1.63 bits per heavy atom. The SMILES string of the molecule is CCN(CC)c1cc(Nc2nc(Nc3cc(N(CC)CC)c(OC)cc3N=Nc3nc(C)c(S(=O)(=O)O)s3)nc(SCCO)n2)c(N=Nc2nc(C)cs2)cc1OC.O=S(=O)=O. The Morgan fingerprint density at radius 1 is 0.758 bits per heavy atom. The number of thiazole rings is 2. The van der Waals surface area contributed by atoms with Crippen molar-refractivity contribution in [3.05, 3.63) is 41.0 Å². The summed E-state index contributed by atoms with van der Waals surface area (Å²) in [5.74, 6) is 1.71. The van der Waals surface area contributed by atoms with E-state index in [2.05, 4.69) is 74.7 Å². The van der Waals surface area contributed by atoms with Crippen molar-refractivity contribution < 1.29 is 40.2 Å². The summed E-state index contributed by atoms with van der Waals surface area (Å²) >= 11 is 3.28. The van der Waals surface area contributed by atoms with Gasteiger partial charge in [0.25, 0.3) is 0 Å². The number of aliphatic hydroxyl groups is 1. The predicted molar refractivity (Wildman–Crippen MR) is 239 cm³/mol. The molecule has 0 radical (unpaired) electrons. The highest BCUT2D eigenvalue weighted by Crippen LogP contribution is 2.43. The summed E-state index contributed by atoms with van der Waals surface area (Å²) in [6.07, 6.45) is 0. The largest absolute Gasteiger partial charge is 0.494 e. The average Bonchev–Trinajstić information content (AvgIpc) is 3.84. The summed E-state index contributed by atoms with van der Waals surface area (Å²) in [4.78, 5) is 26.8. The third-order valence-corrected chi connectivity index (χ3v) is 12.5. The second kappa shape index (κ2) is 23.1. The molecule has 0 aliphatic carbocycles. The maximum Gasteiger partial charge on any atom is 0.425 e. The van der Waals surface area contributed by atoms with Gasteiger partial charge in [-0.15, -0.1) is 44.4 Å². The van der Waals surface area contributed by atoms with E-state index in [1.165, 1.54) is 30.0 Å². The minimum atomic E-state index is -4.50. The molecule has 3 aromatic heterocycles. The average molecular weight is 952 g/mol. The lowest BCUT2D eigenvalue weighted by Crippen LogP contribution is -2.22. The molecule has 0 atom stereocenters. The van der Waals surface area contributed by atoms with E-state index in [4.69, 9.17) is 27.1 Å². The zero-order valence-electron chi connectivity index (χ0n) is 34.8. The Hall–Kier alpha value is -5.45. The van der Waals surface area contributed by atoms with Crippen LogP contribution in [0, 0.1) is 13.8 Å². The molecule has 5 aromatic rings. The zero-order chi connectivity index (χ0) is 45.6. The number of nitrogens with one attached hydrogen (secondary N) is 2. The van der Waals surface area contributed by atoms with Crippen LogP contribution in [0.2, 0.25) is 0 Å². The maximum atomic E-state index is 11.9. The van der Waals surface area contributed by atoms with Gasteiger partial charge in [-0.1, -0.05) is 23.1 Å².